The Kier molecular flexibility index (Phi) is 39.8. The maximum absolute atomic E-state index is 12.8. The number of esters is 2. The number of nitrogens with zero attached hydrogens (tertiary/aromatic N) is 1. The number of likely N-dealkylation sites (N-methyl/N-ethyl adjacent to an activating group) is 1. The number of carbonyl (C=O) groups excluding carboxylic acids is 3. The molecule has 0 aromatic rings. The number of carboxylic acid groups (broad SMARTS) is 1. The Balaban J connectivity index is 4.32. The van der Waals surface area contributed by atoms with Crippen molar-refractivity contribution in [1.29, 1.82) is 0 Å². The van der Waals surface area contributed by atoms with Gasteiger partial charge in [-0.2, -0.15) is 0 Å². The first kappa shape index (κ1) is 56.5. The summed E-state index contributed by atoms with van der Waals surface area (Å²) in [6.45, 7) is 4.40. The van der Waals surface area contributed by atoms with Gasteiger partial charge in [0.25, 0.3) is 0 Å². The summed E-state index contributed by atoms with van der Waals surface area (Å²) in [7, 11) is 5.39. The summed E-state index contributed by atoms with van der Waals surface area (Å²) >= 11 is 0. The third-order valence-corrected chi connectivity index (χ3v) is 10.0. The van der Waals surface area contributed by atoms with E-state index in [9.17, 15) is 19.5 Å². The molecule has 0 aromatic carbocycles. The summed E-state index contributed by atoms with van der Waals surface area (Å²) < 4.78 is 17.2. The molecule has 0 N–H and O–H groups in total. The van der Waals surface area contributed by atoms with E-state index >= 15 is 0 Å². The van der Waals surface area contributed by atoms with Crippen LogP contribution in [0.1, 0.15) is 174 Å². The van der Waals surface area contributed by atoms with Gasteiger partial charge in [-0.25, -0.2) is 0 Å². The van der Waals surface area contributed by atoms with Gasteiger partial charge in [-0.15, -0.1) is 0 Å². The lowest BCUT2D eigenvalue weighted by Crippen LogP contribution is -2.55. The largest absolute Gasteiger partial charge is 0.544 e. The number of quaternary nitrogens is 1. The molecule has 2 atom stereocenters. The highest BCUT2D eigenvalue weighted by atomic mass is 16.6. The van der Waals surface area contributed by atoms with Gasteiger partial charge in [0, 0.05) is 19.3 Å². The van der Waals surface area contributed by atoms with Crippen molar-refractivity contribution in [1.82, 2.24) is 0 Å². The first-order valence-corrected chi connectivity index (χ1v) is 23.6. The average molecular weight is 838 g/mol. The van der Waals surface area contributed by atoms with Gasteiger partial charge < -0.3 is 28.6 Å². The number of aliphatic carboxylic acids is 1. The lowest BCUT2D eigenvalue weighted by molar-refractivity contribution is -0.889. The highest BCUT2D eigenvalue weighted by Crippen LogP contribution is 2.14. The SMILES string of the molecule is CC/C=C/C/C=C/C/C=C/C/C=C/CCCCCCCCCCCC(=O)OC(COCCC(C(=O)[O-])[N+](C)(C)C)COC(=O)CCCCCC/C=C/C/C=C/C/C=C/CC. The number of rotatable bonds is 41. The van der Waals surface area contributed by atoms with E-state index in [1.54, 1.807) is 21.1 Å². The van der Waals surface area contributed by atoms with E-state index in [1.807, 2.05) is 0 Å². The molecule has 0 bridgehead atoms. The maximum atomic E-state index is 12.8. The lowest BCUT2D eigenvalue weighted by atomic mass is 10.1. The van der Waals surface area contributed by atoms with Crippen LogP contribution in [0.3, 0.4) is 0 Å². The topological polar surface area (TPSA) is 102 Å². The smallest absolute Gasteiger partial charge is 0.306 e. The van der Waals surface area contributed by atoms with E-state index in [1.165, 1.54) is 38.5 Å². The summed E-state index contributed by atoms with van der Waals surface area (Å²) in [4.78, 5) is 36.9. The Morgan fingerprint density at radius 2 is 0.883 bits per heavy atom. The normalized spacial score (nSPS) is 13.7. The van der Waals surface area contributed by atoms with Gasteiger partial charge in [-0.05, 0) is 83.5 Å². The molecule has 60 heavy (non-hydrogen) atoms. The van der Waals surface area contributed by atoms with Crippen molar-refractivity contribution in [3.63, 3.8) is 0 Å². The van der Waals surface area contributed by atoms with Crippen LogP contribution in [0.4, 0.5) is 0 Å². The molecular formula is C52H87NO7. The molecule has 0 aliphatic rings. The molecular weight excluding hydrogens is 751 g/mol. The number of unbranched alkanes of at least 4 members (excludes halogenated alkanes) is 13. The summed E-state index contributed by atoms with van der Waals surface area (Å²) in [5, 5.41) is 11.6. The predicted octanol–water partition coefficient (Wildman–Crippen LogP) is 12.0. The first-order chi connectivity index (χ1) is 29.1. The molecule has 0 saturated heterocycles. The molecule has 0 rings (SSSR count). The van der Waals surface area contributed by atoms with Gasteiger partial charge in [0.2, 0.25) is 0 Å². The van der Waals surface area contributed by atoms with Gasteiger partial charge in [0.1, 0.15) is 12.6 Å². The van der Waals surface area contributed by atoms with E-state index in [2.05, 4.69) is 98.9 Å². The highest BCUT2D eigenvalue weighted by Gasteiger charge is 2.25. The van der Waals surface area contributed by atoms with E-state index in [0.29, 0.717) is 12.8 Å². The van der Waals surface area contributed by atoms with Gasteiger partial charge in [0.05, 0.1) is 40.3 Å². The number of ether oxygens (including phenoxy) is 3. The zero-order chi connectivity index (χ0) is 44.2. The van der Waals surface area contributed by atoms with Crippen molar-refractivity contribution in [3.8, 4) is 0 Å². The summed E-state index contributed by atoms with van der Waals surface area (Å²) in [5.41, 5.74) is 0. The van der Waals surface area contributed by atoms with Crippen LogP contribution in [0.5, 0.6) is 0 Å². The maximum Gasteiger partial charge on any atom is 0.306 e. The highest BCUT2D eigenvalue weighted by molar-refractivity contribution is 5.70. The fourth-order valence-corrected chi connectivity index (χ4v) is 6.43. The fraction of sp³-hybridized carbons (Fsp3) is 0.673. The standard InChI is InChI=1S/C52H87NO7/c1-6-8-10-12-14-16-18-20-22-23-24-25-26-27-28-29-31-33-35-37-39-41-43-51(55)60-48(46-58-45-44-49(52(56)57)53(3,4)5)47-59-50(54)42-40-38-36-34-32-30-21-19-17-15-13-11-9-7-2/h8-11,14-17,20-22,24-25,30,48-49H,6-7,12-13,18-19,23,26-29,31-47H2,1-5H3/b10-8+,11-9+,16-14+,17-15+,22-20+,25-24+,30-21+. The second kappa shape index (κ2) is 42.2. The molecule has 0 radical (unpaired) electrons. The average Bonchev–Trinajstić information content (AvgIpc) is 3.21. The molecule has 0 aliphatic carbocycles. The minimum Gasteiger partial charge on any atom is -0.544 e. The van der Waals surface area contributed by atoms with Crippen LogP contribution < -0.4 is 5.11 Å². The van der Waals surface area contributed by atoms with Crippen LogP contribution >= 0.6 is 0 Å². The van der Waals surface area contributed by atoms with Crippen molar-refractivity contribution in [2.45, 2.75) is 187 Å². The zero-order valence-electron chi connectivity index (χ0n) is 38.8. The van der Waals surface area contributed by atoms with Crippen molar-refractivity contribution in [3.05, 3.63) is 85.1 Å². The molecule has 0 heterocycles. The molecule has 0 amide bonds. The van der Waals surface area contributed by atoms with E-state index < -0.39 is 18.1 Å². The van der Waals surface area contributed by atoms with Crippen LogP contribution in [0, 0.1) is 0 Å². The van der Waals surface area contributed by atoms with E-state index in [-0.39, 0.29) is 42.7 Å². The molecule has 0 aromatic heterocycles. The molecule has 8 heteroatoms. The minimum atomic E-state index is -1.13. The predicted molar refractivity (Wildman–Crippen MR) is 249 cm³/mol. The number of hydrogen-bond acceptors (Lipinski definition) is 7. The second-order valence-electron chi connectivity index (χ2n) is 16.6. The monoisotopic (exact) mass is 838 g/mol. The number of carbonyl (C=O) groups is 3. The number of allylic oxidation sites excluding steroid dienone is 14. The number of carboxylic acids is 1. The van der Waals surface area contributed by atoms with Gasteiger partial charge >= 0.3 is 11.9 Å². The van der Waals surface area contributed by atoms with Crippen molar-refractivity contribution in [2.24, 2.45) is 0 Å². The van der Waals surface area contributed by atoms with Gasteiger partial charge in [0.15, 0.2) is 6.10 Å². The summed E-state index contributed by atoms with van der Waals surface area (Å²) in [6.07, 6.45) is 54.7. The Morgan fingerprint density at radius 3 is 1.30 bits per heavy atom. The van der Waals surface area contributed by atoms with Gasteiger partial charge in [-0.3, -0.25) is 9.59 Å². The van der Waals surface area contributed by atoms with Gasteiger partial charge in [-0.1, -0.05) is 157 Å². The fourth-order valence-electron chi connectivity index (χ4n) is 6.43. The quantitative estimate of drug-likeness (QED) is 0.0261. The Bertz CT molecular complexity index is 1250. The Hall–Kier alpha value is -3.49. The third-order valence-electron chi connectivity index (χ3n) is 10.0. The van der Waals surface area contributed by atoms with E-state index in [0.717, 1.165) is 103 Å². The minimum absolute atomic E-state index is 0.0264. The van der Waals surface area contributed by atoms with Crippen molar-refractivity contribution in [2.75, 3.05) is 41.0 Å². The van der Waals surface area contributed by atoms with Crippen molar-refractivity contribution < 1.29 is 38.2 Å². The first-order valence-electron chi connectivity index (χ1n) is 23.6. The molecule has 0 spiro atoms. The summed E-state index contributed by atoms with van der Waals surface area (Å²) in [6, 6.07) is -0.735. The second-order valence-corrected chi connectivity index (χ2v) is 16.6. The molecule has 8 nitrogen and oxygen atoms in total. The zero-order valence-corrected chi connectivity index (χ0v) is 38.8. The Labute approximate surface area is 367 Å². The molecule has 0 saturated carbocycles. The van der Waals surface area contributed by atoms with Crippen LogP contribution in [-0.4, -0.2) is 75.5 Å². The number of hydrogen-bond donors (Lipinski definition) is 0. The van der Waals surface area contributed by atoms with Crippen molar-refractivity contribution >= 4 is 17.9 Å². The molecule has 0 fully saturated rings. The van der Waals surface area contributed by atoms with Crippen LogP contribution in [0.25, 0.3) is 0 Å². The molecule has 0 aliphatic heterocycles. The van der Waals surface area contributed by atoms with E-state index in [4.69, 9.17) is 14.2 Å². The Morgan fingerprint density at radius 1 is 0.500 bits per heavy atom. The molecule has 342 valence electrons. The lowest BCUT2D eigenvalue weighted by Gasteiger charge is -2.34. The third kappa shape index (κ3) is 39.9. The van der Waals surface area contributed by atoms with Crippen LogP contribution in [0.15, 0.2) is 85.1 Å². The molecule has 2 unspecified atom stereocenters. The van der Waals surface area contributed by atoms with Crippen LogP contribution in [0.2, 0.25) is 0 Å². The summed E-state index contributed by atoms with van der Waals surface area (Å²) in [5.74, 6) is -1.78. The van der Waals surface area contributed by atoms with Crippen LogP contribution in [-0.2, 0) is 28.6 Å².